The first-order chi connectivity index (χ1) is 13.4. The standard InChI is InChI=1S/C24H30N2O2/c1-16-7-17(2)9-19(8-16)10-18(3)11-24(28)25-13-20-12-21(15-25)22-5-4-6-23(27)26(22)14-20/h4-9,18,20-21H,10-15H2,1-3H3/t18?,20?,21-/m0/s1. The molecule has 2 aromatic rings. The SMILES string of the molecule is Cc1cc(C)cc(CC(C)CC(=O)N2CC3C[C@@H](C2)c2cccc(=O)n2C3)c1. The average molecular weight is 379 g/mol. The summed E-state index contributed by atoms with van der Waals surface area (Å²) in [7, 11) is 0. The minimum atomic E-state index is 0.0917. The van der Waals surface area contributed by atoms with Crippen LogP contribution in [-0.4, -0.2) is 28.5 Å². The third-order valence-corrected chi connectivity index (χ3v) is 6.22. The molecule has 0 spiro atoms. The van der Waals surface area contributed by atoms with Crippen molar-refractivity contribution in [1.82, 2.24) is 9.47 Å². The highest BCUT2D eigenvalue weighted by Gasteiger charge is 2.36. The summed E-state index contributed by atoms with van der Waals surface area (Å²) in [6, 6.07) is 12.2. The summed E-state index contributed by atoms with van der Waals surface area (Å²) in [6.07, 6.45) is 2.62. The second kappa shape index (κ2) is 7.57. The van der Waals surface area contributed by atoms with E-state index in [1.807, 2.05) is 10.6 Å². The maximum absolute atomic E-state index is 13.0. The molecule has 1 amide bonds. The van der Waals surface area contributed by atoms with Gasteiger partial charge in [-0.05, 0) is 50.2 Å². The highest BCUT2D eigenvalue weighted by Crippen LogP contribution is 2.35. The number of pyridine rings is 1. The summed E-state index contributed by atoms with van der Waals surface area (Å²) >= 11 is 0. The van der Waals surface area contributed by atoms with Gasteiger partial charge >= 0.3 is 0 Å². The summed E-state index contributed by atoms with van der Waals surface area (Å²) in [5.41, 5.74) is 5.08. The molecule has 4 rings (SSSR count). The number of aromatic nitrogens is 1. The highest BCUT2D eigenvalue weighted by molar-refractivity contribution is 5.76. The van der Waals surface area contributed by atoms with E-state index in [9.17, 15) is 9.59 Å². The van der Waals surface area contributed by atoms with Crippen LogP contribution in [0.15, 0.2) is 41.2 Å². The van der Waals surface area contributed by atoms with E-state index >= 15 is 0 Å². The smallest absolute Gasteiger partial charge is 0.250 e. The predicted octanol–water partition coefficient (Wildman–Crippen LogP) is 3.68. The molecule has 3 heterocycles. The van der Waals surface area contributed by atoms with Crippen LogP contribution in [0.5, 0.6) is 0 Å². The molecule has 0 aliphatic carbocycles. The van der Waals surface area contributed by atoms with Gasteiger partial charge < -0.3 is 9.47 Å². The van der Waals surface area contributed by atoms with Gasteiger partial charge in [0.1, 0.15) is 0 Å². The van der Waals surface area contributed by atoms with E-state index in [1.165, 1.54) is 16.7 Å². The number of hydrogen-bond acceptors (Lipinski definition) is 2. The molecule has 148 valence electrons. The Bertz CT molecular complexity index is 926. The number of aryl methyl sites for hydroxylation is 2. The van der Waals surface area contributed by atoms with Crippen LogP contribution in [0.25, 0.3) is 0 Å². The van der Waals surface area contributed by atoms with Crippen LogP contribution in [-0.2, 0) is 17.8 Å². The number of likely N-dealkylation sites (tertiary alicyclic amines) is 1. The van der Waals surface area contributed by atoms with Gasteiger partial charge in [-0.3, -0.25) is 9.59 Å². The van der Waals surface area contributed by atoms with Crippen molar-refractivity contribution < 1.29 is 4.79 Å². The van der Waals surface area contributed by atoms with Gasteiger partial charge in [0.05, 0.1) is 0 Å². The lowest BCUT2D eigenvalue weighted by Crippen LogP contribution is -2.49. The lowest BCUT2D eigenvalue weighted by Gasteiger charge is -2.43. The molecular weight excluding hydrogens is 348 g/mol. The zero-order valence-electron chi connectivity index (χ0n) is 17.1. The normalized spacial score (nSPS) is 21.9. The molecule has 2 aliphatic rings. The number of fused-ring (bicyclic) bond motifs is 4. The van der Waals surface area contributed by atoms with Crippen LogP contribution in [0.3, 0.4) is 0 Å². The van der Waals surface area contributed by atoms with E-state index in [2.05, 4.69) is 49.9 Å². The van der Waals surface area contributed by atoms with Crippen LogP contribution in [0.2, 0.25) is 0 Å². The van der Waals surface area contributed by atoms with Gasteiger partial charge in [-0.25, -0.2) is 0 Å². The Hall–Kier alpha value is -2.36. The fourth-order valence-corrected chi connectivity index (χ4v) is 5.19. The summed E-state index contributed by atoms with van der Waals surface area (Å²) in [4.78, 5) is 27.2. The first kappa shape index (κ1) is 19.0. The van der Waals surface area contributed by atoms with Crippen molar-refractivity contribution in [2.45, 2.75) is 52.5 Å². The molecule has 1 saturated heterocycles. The Kier molecular flexibility index (Phi) is 5.13. The lowest BCUT2D eigenvalue weighted by molar-refractivity contribution is -0.134. The van der Waals surface area contributed by atoms with Gasteiger partial charge in [0, 0.05) is 43.7 Å². The van der Waals surface area contributed by atoms with Crippen molar-refractivity contribution in [2.24, 2.45) is 11.8 Å². The van der Waals surface area contributed by atoms with E-state index in [0.29, 0.717) is 24.2 Å². The fraction of sp³-hybridized carbons (Fsp3) is 0.500. The topological polar surface area (TPSA) is 42.3 Å². The number of piperidine rings is 1. The number of amides is 1. The lowest BCUT2D eigenvalue weighted by atomic mass is 9.83. The van der Waals surface area contributed by atoms with Crippen LogP contribution >= 0.6 is 0 Å². The maximum Gasteiger partial charge on any atom is 0.250 e. The Morgan fingerprint density at radius 1 is 1.11 bits per heavy atom. The number of benzene rings is 1. The monoisotopic (exact) mass is 378 g/mol. The van der Waals surface area contributed by atoms with E-state index in [-0.39, 0.29) is 11.5 Å². The van der Waals surface area contributed by atoms with E-state index in [0.717, 1.165) is 38.2 Å². The third kappa shape index (κ3) is 3.91. The quantitative estimate of drug-likeness (QED) is 0.814. The van der Waals surface area contributed by atoms with E-state index < -0.39 is 0 Å². The molecule has 4 nitrogen and oxygen atoms in total. The van der Waals surface area contributed by atoms with Gasteiger partial charge in [-0.2, -0.15) is 0 Å². The molecule has 1 fully saturated rings. The van der Waals surface area contributed by atoms with Crippen molar-refractivity contribution >= 4 is 5.91 Å². The summed E-state index contributed by atoms with van der Waals surface area (Å²) in [5.74, 6) is 1.27. The van der Waals surface area contributed by atoms with E-state index in [1.54, 1.807) is 6.07 Å². The molecule has 4 heteroatoms. The Labute approximate surface area is 167 Å². The summed E-state index contributed by atoms with van der Waals surface area (Å²) in [5, 5.41) is 0. The zero-order chi connectivity index (χ0) is 19.8. The molecule has 0 radical (unpaired) electrons. The van der Waals surface area contributed by atoms with Crippen LogP contribution in [0.4, 0.5) is 0 Å². The number of nitrogens with zero attached hydrogens (tertiary/aromatic N) is 2. The summed E-state index contributed by atoms with van der Waals surface area (Å²) < 4.78 is 1.92. The molecule has 2 unspecified atom stereocenters. The van der Waals surface area contributed by atoms with E-state index in [4.69, 9.17) is 0 Å². The second-order valence-corrected chi connectivity index (χ2v) is 9.01. The molecule has 3 atom stereocenters. The molecular formula is C24H30N2O2. The van der Waals surface area contributed by atoms with Gasteiger partial charge in [-0.15, -0.1) is 0 Å². The third-order valence-electron chi connectivity index (χ3n) is 6.22. The van der Waals surface area contributed by atoms with Gasteiger partial charge in [0.2, 0.25) is 5.91 Å². The molecule has 2 bridgehead atoms. The van der Waals surface area contributed by atoms with Crippen LogP contribution in [0, 0.1) is 25.7 Å². The number of carbonyl (C=O) groups is 1. The molecule has 2 aliphatic heterocycles. The van der Waals surface area contributed by atoms with Crippen LogP contribution in [0.1, 0.15) is 48.1 Å². The number of hydrogen-bond donors (Lipinski definition) is 0. The first-order valence-corrected chi connectivity index (χ1v) is 10.4. The summed E-state index contributed by atoms with van der Waals surface area (Å²) in [6.45, 7) is 8.70. The highest BCUT2D eigenvalue weighted by atomic mass is 16.2. The van der Waals surface area contributed by atoms with Crippen LogP contribution < -0.4 is 5.56 Å². The predicted molar refractivity (Wildman–Crippen MR) is 112 cm³/mol. The van der Waals surface area contributed by atoms with Crippen molar-refractivity contribution in [3.05, 3.63) is 69.1 Å². The number of rotatable bonds is 4. The molecule has 0 N–H and O–H groups in total. The molecule has 1 aromatic heterocycles. The van der Waals surface area contributed by atoms with Crippen molar-refractivity contribution in [1.29, 1.82) is 0 Å². The van der Waals surface area contributed by atoms with Crippen molar-refractivity contribution in [2.75, 3.05) is 13.1 Å². The Balaban J connectivity index is 1.41. The van der Waals surface area contributed by atoms with Gasteiger partial charge in [0.25, 0.3) is 5.56 Å². The minimum Gasteiger partial charge on any atom is -0.342 e. The fourth-order valence-electron chi connectivity index (χ4n) is 5.19. The number of carbonyl (C=O) groups excluding carboxylic acids is 1. The molecule has 1 aromatic carbocycles. The average Bonchev–Trinajstić information content (AvgIpc) is 2.61. The minimum absolute atomic E-state index is 0.0917. The Morgan fingerprint density at radius 3 is 2.61 bits per heavy atom. The van der Waals surface area contributed by atoms with Crippen molar-refractivity contribution in [3.8, 4) is 0 Å². The Morgan fingerprint density at radius 2 is 1.86 bits per heavy atom. The van der Waals surface area contributed by atoms with Crippen molar-refractivity contribution in [3.63, 3.8) is 0 Å². The first-order valence-electron chi connectivity index (χ1n) is 10.4. The maximum atomic E-state index is 13.0. The van der Waals surface area contributed by atoms with Gasteiger partial charge in [0.15, 0.2) is 0 Å². The molecule has 28 heavy (non-hydrogen) atoms. The van der Waals surface area contributed by atoms with Gasteiger partial charge in [-0.1, -0.05) is 42.3 Å². The molecule has 0 saturated carbocycles. The largest absolute Gasteiger partial charge is 0.342 e. The zero-order valence-corrected chi connectivity index (χ0v) is 17.1. The second-order valence-electron chi connectivity index (χ2n) is 9.01.